The van der Waals surface area contributed by atoms with E-state index < -0.39 is 12.2 Å². The molecular weight excluding hydrogens is 315 g/mol. The highest BCUT2D eigenvalue weighted by Crippen LogP contribution is 2.33. The van der Waals surface area contributed by atoms with E-state index in [1.54, 1.807) is 23.2 Å². The predicted molar refractivity (Wildman–Crippen MR) is 73.6 cm³/mol. The number of anilines is 1. The Labute approximate surface area is 117 Å². The van der Waals surface area contributed by atoms with E-state index in [-0.39, 0.29) is 18.9 Å². The molecule has 0 saturated carbocycles. The van der Waals surface area contributed by atoms with Gasteiger partial charge in [0.1, 0.15) is 5.82 Å². The molecule has 1 aliphatic heterocycles. The molecule has 6 heteroatoms. The maximum Gasteiger partial charge on any atom is 0.134 e. The average Bonchev–Trinajstić information content (AvgIpc) is 2.73. The van der Waals surface area contributed by atoms with E-state index in [0.29, 0.717) is 21.1 Å². The van der Waals surface area contributed by atoms with E-state index in [1.807, 2.05) is 0 Å². The molecule has 0 amide bonds. The highest BCUT2D eigenvalue weighted by atomic mass is 79.9. The molecule has 3 rings (SSSR count). The standard InChI is InChI=1S/C13H12BrFN2O2/c14-7-1-2-8(15)12-9(3-4-16-13(7)12)17-5-10(18)11(19)6-17/h1-4,10-11,18-19H,5-6H2/t10-,11-/m0/s1. The zero-order chi connectivity index (χ0) is 13.6. The number of pyridine rings is 1. The van der Waals surface area contributed by atoms with Crippen LogP contribution in [0.1, 0.15) is 0 Å². The highest BCUT2D eigenvalue weighted by Gasteiger charge is 2.31. The van der Waals surface area contributed by atoms with Gasteiger partial charge in [-0.05, 0) is 34.1 Å². The number of benzene rings is 1. The third-order valence-electron chi connectivity index (χ3n) is 3.37. The van der Waals surface area contributed by atoms with E-state index in [0.717, 1.165) is 0 Å². The second-order valence-electron chi connectivity index (χ2n) is 4.62. The maximum atomic E-state index is 14.1. The number of fused-ring (bicyclic) bond motifs is 1. The van der Waals surface area contributed by atoms with Crippen LogP contribution in [0.4, 0.5) is 10.1 Å². The van der Waals surface area contributed by atoms with Crippen molar-refractivity contribution in [3.63, 3.8) is 0 Å². The summed E-state index contributed by atoms with van der Waals surface area (Å²) in [6.45, 7) is 0.568. The number of β-amino-alcohol motifs (C(OH)–C–C–N with tert-alkyl or cyclic N) is 2. The Bertz CT molecular complexity index is 627. The van der Waals surface area contributed by atoms with E-state index in [1.165, 1.54) is 6.07 Å². The summed E-state index contributed by atoms with van der Waals surface area (Å²) in [5.41, 5.74) is 1.17. The van der Waals surface area contributed by atoms with Gasteiger partial charge >= 0.3 is 0 Å². The highest BCUT2D eigenvalue weighted by molar-refractivity contribution is 9.10. The molecule has 0 unspecified atom stereocenters. The summed E-state index contributed by atoms with van der Waals surface area (Å²) in [4.78, 5) is 5.95. The molecule has 1 aromatic heterocycles. The Balaban J connectivity index is 2.17. The van der Waals surface area contributed by atoms with Gasteiger partial charge in [0, 0.05) is 23.8 Å². The SMILES string of the molecule is O[C@H]1CN(c2ccnc3c(Br)ccc(F)c23)C[C@@H]1O. The van der Waals surface area contributed by atoms with Gasteiger partial charge in [0.25, 0.3) is 0 Å². The number of hydrogen-bond donors (Lipinski definition) is 2. The minimum absolute atomic E-state index is 0.284. The maximum absolute atomic E-state index is 14.1. The number of aliphatic hydroxyl groups excluding tert-OH is 2. The lowest BCUT2D eigenvalue weighted by molar-refractivity contribution is 0.0572. The fourth-order valence-electron chi connectivity index (χ4n) is 2.41. The zero-order valence-corrected chi connectivity index (χ0v) is 11.5. The minimum atomic E-state index is -0.807. The molecule has 1 fully saturated rings. The van der Waals surface area contributed by atoms with Gasteiger partial charge in [-0.3, -0.25) is 4.98 Å². The van der Waals surface area contributed by atoms with E-state index in [4.69, 9.17) is 0 Å². The minimum Gasteiger partial charge on any atom is -0.389 e. The first-order valence-electron chi connectivity index (χ1n) is 5.91. The molecule has 4 nitrogen and oxygen atoms in total. The van der Waals surface area contributed by atoms with Gasteiger partial charge in [-0.2, -0.15) is 0 Å². The molecule has 2 heterocycles. The van der Waals surface area contributed by atoms with Crippen molar-refractivity contribution >= 4 is 32.5 Å². The number of aromatic nitrogens is 1. The van der Waals surface area contributed by atoms with Crippen LogP contribution < -0.4 is 4.90 Å². The Morgan fingerprint density at radius 1 is 1.21 bits per heavy atom. The third-order valence-corrected chi connectivity index (χ3v) is 4.01. The normalized spacial score (nSPS) is 23.3. The van der Waals surface area contributed by atoms with Crippen molar-refractivity contribution < 1.29 is 14.6 Å². The predicted octanol–water partition coefficient (Wildman–Crippen LogP) is 1.68. The van der Waals surface area contributed by atoms with Crippen molar-refractivity contribution in [1.29, 1.82) is 0 Å². The first kappa shape index (κ1) is 12.8. The van der Waals surface area contributed by atoms with Crippen molar-refractivity contribution in [3.05, 3.63) is 34.7 Å². The number of halogens is 2. The Morgan fingerprint density at radius 2 is 1.89 bits per heavy atom. The Kier molecular flexibility index (Phi) is 3.16. The number of rotatable bonds is 1. The molecule has 19 heavy (non-hydrogen) atoms. The number of aliphatic hydroxyl groups is 2. The molecule has 0 aliphatic carbocycles. The smallest absolute Gasteiger partial charge is 0.134 e. The summed E-state index contributed by atoms with van der Waals surface area (Å²) >= 11 is 3.35. The molecule has 100 valence electrons. The molecule has 2 N–H and O–H groups in total. The van der Waals surface area contributed by atoms with Gasteiger partial charge < -0.3 is 15.1 Å². The zero-order valence-electron chi connectivity index (χ0n) is 9.92. The second-order valence-corrected chi connectivity index (χ2v) is 5.48. The van der Waals surface area contributed by atoms with Crippen LogP contribution >= 0.6 is 15.9 Å². The van der Waals surface area contributed by atoms with Gasteiger partial charge in [0.05, 0.1) is 28.8 Å². The molecule has 0 bridgehead atoms. The van der Waals surface area contributed by atoms with Crippen molar-refractivity contribution in [2.75, 3.05) is 18.0 Å². The van der Waals surface area contributed by atoms with E-state index in [9.17, 15) is 14.6 Å². The van der Waals surface area contributed by atoms with E-state index >= 15 is 0 Å². The molecule has 1 aromatic carbocycles. The Hall–Kier alpha value is -1.24. The fraction of sp³-hybridized carbons (Fsp3) is 0.308. The van der Waals surface area contributed by atoms with Gasteiger partial charge in [0.2, 0.25) is 0 Å². The summed E-state index contributed by atoms with van der Waals surface area (Å²) in [7, 11) is 0. The number of nitrogens with zero attached hydrogens (tertiary/aromatic N) is 2. The van der Waals surface area contributed by atoms with Crippen LogP contribution in [0.2, 0.25) is 0 Å². The molecule has 1 saturated heterocycles. The molecular formula is C13H12BrFN2O2. The summed E-state index contributed by atoms with van der Waals surface area (Å²) < 4.78 is 14.8. The molecule has 2 aromatic rings. The second kappa shape index (κ2) is 4.70. The third kappa shape index (κ3) is 2.09. The van der Waals surface area contributed by atoms with Crippen LogP contribution in [-0.2, 0) is 0 Å². The lowest BCUT2D eigenvalue weighted by atomic mass is 10.1. The van der Waals surface area contributed by atoms with Gasteiger partial charge in [-0.25, -0.2) is 4.39 Å². The average molecular weight is 327 g/mol. The summed E-state index contributed by atoms with van der Waals surface area (Å²) in [6, 6.07) is 4.69. The monoisotopic (exact) mass is 326 g/mol. The van der Waals surface area contributed by atoms with Crippen molar-refractivity contribution in [2.45, 2.75) is 12.2 Å². The first-order chi connectivity index (χ1) is 9.08. The van der Waals surface area contributed by atoms with Crippen LogP contribution in [0.25, 0.3) is 10.9 Å². The van der Waals surface area contributed by atoms with Crippen LogP contribution in [0.3, 0.4) is 0 Å². The summed E-state index contributed by atoms with van der Waals surface area (Å²) in [6.07, 6.45) is -0.0178. The van der Waals surface area contributed by atoms with Crippen molar-refractivity contribution in [2.24, 2.45) is 0 Å². The quantitative estimate of drug-likeness (QED) is 0.837. The van der Waals surface area contributed by atoms with Crippen LogP contribution in [-0.4, -0.2) is 40.5 Å². The van der Waals surface area contributed by atoms with Crippen molar-refractivity contribution in [3.8, 4) is 0 Å². The molecule has 0 radical (unpaired) electrons. The topological polar surface area (TPSA) is 56.6 Å². The van der Waals surface area contributed by atoms with Gasteiger partial charge in [-0.1, -0.05) is 0 Å². The molecule has 1 aliphatic rings. The van der Waals surface area contributed by atoms with Gasteiger partial charge in [-0.15, -0.1) is 0 Å². The molecule has 2 atom stereocenters. The fourth-order valence-corrected chi connectivity index (χ4v) is 2.84. The summed E-state index contributed by atoms with van der Waals surface area (Å²) in [5, 5.41) is 19.6. The lowest BCUT2D eigenvalue weighted by Crippen LogP contribution is -2.22. The van der Waals surface area contributed by atoms with Crippen LogP contribution in [0, 0.1) is 5.82 Å². The number of hydrogen-bond acceptors (Lipinski definition) is 4. The van der Waals surface area contributed by atoms with Crippen LogP contribution in [0.5, 0.6) is 0 Å². The Morgan fingerprint density at radius 3 is 2.58 bits per heavy atom. The van der Waals surface area contributed by atoms with Gasteiger partial charge in [0.15, 0.2) is 0 Å². The van der Waals surface area contributed by atoms with Crippen molar-refractivity contribution in [1.82, 2.24) is 4.98 Å². The first-order valence-corrected chi connectivity index (χ1v) is 6.71. The van der Waals surface area contributed by atoms with Crippen LogP contribution in [0.15, 0.2) is 28.9 Å². The largest absolute Gasteiger partial charge is 0.389 e. The summed E-state index contributed by atoms with van der Waals surface area (Å²) in [5.74, 6) is -0.364. The van der Waals surface area contributed by atoms with E-state index in [2.05, 4.69) is 20.9 Å². The molecule has 0 spiro atoms. The lowest BCUT2D eigenvalue weighted by Gasteiger charge is -2.20.